The van der Waals surface area contributed by atoms with Gasteiger partial charge < -0.3 is 9.84 Å². The van der Waals surface area contributed by atoms with Gasteiger partial charge in [0.25, 0.3) is 5.56 Å². The van der Waals surface area contributed by atoms with Gasteiger partial charge in [-0.3, -0.25) is 24.0 Å². The maximum atomic E-state index is 15.6. The summed E-state index contributed by atoms with van der Waals surface area (Å²) >= 11 is 0. The summed E-state index contributed by atoms with van der Waals surface area (Å²) in [5, 5.41) is 12.6. The number of aromatic nitrogens is 2. The Morgan fingerprint density at radius 1 is 0.978 bits per heavy atom. The molecular weight excluding hydrogens is 601 g/mol. The van der Waals surface area contributed by atoms with Crippen LogP contribution >= 0.6 is 0 Å². The van der Waals surface area contributed by atoms with Gasteiger partial charge in [0, 0.05) is 16.8 Å². The summed E-state index contributed by atoms with van der Waals surface area (Å²) in [6, 6.07) is 12.6. The molecule has 1 unspecified atom stereocenters. The molecule has 0 fully saturated rings. The molecule has 0 aliphatic carbocycles. The van der Waals surface area contributed by atoms with Crippen molar-refractivity contribution in [3.63, 3.8) is 0 Å². The van der Waals surface area contributed by atoms with Crippen molar-refractivity contribution >= 4 is 5.97 Å². The van der Waals surface area contributed by atoms with Crippen LogP contribution in [0.15, 0.2) is 76.3 Å². The van der Waals surface area contributed by atoms with Crippen molar-refractivity contribution in [3.8, 4) is 16.9 Å². The Bertz CT molecular complexity index is 1820. The van der Waals surface area contributed by atoms with E-state index < -0.39 is 71.3 Å². The van der Waals surface area contributed by atoms with E-state index in [1.807, 2.05) is 0 Å². The molecule has 4 rings (SSSR count). The van der Waals surface area contributed by atoms with Crippen molar-refractivity contribution < 1.29 is 36.6 Å². The number of carboxylic acid groups (broad SMARTS) is 1. The van der Waals surface area contributed by atoms with E-state index in [0.717, 1.165) is 16.7 Å². The lowest BCUT2D eigenvalue weighted by Gasteiger charge is -2.25. The molecule has 0 aliphatic rings. The number of hydrogen-bond acceptors (Lipinski definition) is 5. The van der Waals surface area contributed by atoms with Gasteiger partial charge >= 0.3 is 17.8 Å². The van der Waals surface area contributed by atoms with Crippen LogP contribution < -0.4 is 21.3 Å². The van der Waals surface area contributed by atoms with Crippen molar-refractivity contribution in [1.82, 2.24) is 14.5 Å². The SMILES string of the molecule is CCC(N[C@@H](Cn1c(=O)c(-c2cccc(OC)c2F)c(C)n(Cc2c(F)cccc2C(F)(F)F)c1=O)c1ccccc1)C(=O)O. The molecule has 4 aromatic rings. The molecule has 3 aromatic carbocycles. The van der Waals surface area contributed by atoms with E-state index in [2.05, 4.69) is 5.32 Å². The molecule has 2 atom stereocenters. The van der Waals surface area contributed by atoms with Crippen LogP contribution in [0, 0.1) is 18.6 Å². The Morgan fingerprint density at radius 3 is 2.24 bits per heavy atom. The quantitative estimate of drug-likeness (QED) is 0.211. The number of nitrogens with zero attached hydrogens (tertiary/aromatic N) is 2. The van der Waals surface area contributed by atoms with E-state index in [-0.39, 0.29) is 29.0 Å². The van der Waals surface area contributed by atoms with Crippen LogP contribution in [0.2, 0.25) is 0 Å². The molecule has 0 aliphatic heterocycles. The molecule has 1 heterocycles. The van der Waals surface area contributed by atoms with Crippen molar-refractivity contribution in [2.24, 2.45) is 0 Å². The summed E-state index contributed by atoms with van der Waals surface area (Å²) in [6.07, 6.45) is -4.83. The fourth-order valence-electron chi connectivity index (χ4n) is 5.19. The second-order valence-electron chi connectivity index (χ2n) is 10.3. The van der Waals surface area contributed by atoms with Gasteiger partial charge in [0.1, 0.15) is 11.9 Å². The van der Waals surface area contributed by atoms with Gasteiger partial charge in [0.05, 0.1) is 37.4 Å². The summed E-state index contributed by atoms with van der Waals surface area (Å²) in [6.45, 7) is 1.43. The molecule has 2 N–H and O–H groups in total. The van der Waals surface area contributed by atoms with Crippen LogP contribution in [-0.4, -0.2) is 33.4 Å². The molecule has 238 valence electrons. The lowest BCUT2D eigenvalue weighted by Crippen LogP contribution is -2.47. The summed E-state index contributed by atoms with van der Waals surface area (Å²) < 4.78 is 78.8. The molecule has 0 saturated carbocycles. The highest BCUT2D eigenvalue weighted by Gasteiger charge is 2.35. The van der Waals surface area contributed by atoms with Crippen molar-refractivity contribution in [2.75, 3.05) is 7.11 Å². The first-order chi connectivity index (χ1) is 21.3. The summed E-state index contributed by atoms with van der Waals surface area (Å²) in [5.74, 6) is -3.63. The number of hydrogen-bond donors (Lipinski definition) is 2. The smallest absolute Gasteiger partial charge is 0.416 e. The van der Waals surface area contributed by atoms with E-state index >= 15 is 4.39 Å². The molecule has 1 aromatic heterocycles. The summed E-state index contributed by atoms with van der Waals surface area (Å²) in [4.78, 5) is 39.9. The number of carbonyl (C=O) groups is 1. The Hall–Kier alpha value is -4.78. The third-order valence-corrected chi connectivity index (χ3v) is 7.56. The van der Waals surface area contributed by atoms with Crippen LogP contribution in [0.25, 0.3) is 11.1 Å². The zero-order valence-corrected chi connectivity index (χ0v) is 24.5. The second kappa shape index (κ2) is 13.5. The summed E-state index contributed by atoms with van der Waals surface area (Å²) in [5.41, 5.74) is -4.66. The van der Waals surface area contributed by atoms with E-state index in [1.165, 1.54) is 32.2 Å². The number of carboxylic acids is 1. The van der Waals surface area contributed by atoms with Gasteiger partial charge in [0.2, 0.25) is 0 Å². The number of nitrogens with one attached hydrogen (secondary N) is 1. The number of halogens is 5. The largest absolute Gasteiger partial charge is 0.494 e. The first-order valence-corrected chi connectivity index (χ1v) is 13.9. The van der Waals surface area contributed by atoms with Crippen molar-refractivity contribution in [3.05, 3.63) is 122 Å². The maximum absolute atomic E-state index is 15.6. The van der Waals surface area contributed by atoms with Crippen LogP contribution in [0.4, 0.5) is 22.0 Å². The molecule has 0 spiro atoms. The highest BCUT2D eigenvalue weighted by molar-refractivity contribution is 5.73. The Balaban J connectivity index is 2.02. The average Bonchev–Trinajstić information content (AvgIpc) is 3.00. The van der Waals surface area contributed by atoms with Crippen molar-refractivity contribution in [2.45, 2.75) is 51.6 Å². The molecule has 0 amide bonds. The first kappa shape index (κ1) is 33.1. The molecule has 13 heteroatoms. The topological polar surface area (TPSA) is 103 Å². The normalized spacial score (nSPS) is 13.0. The van der Waals surface area contributed by atoms with Crippen LogP contribution in [-0.2, 0) is 24.1 Å². The molecule has 0 radical (unpaired) electrons. The minimum absolute atomic E-state index is 0.138. The van der Waals surface area contributed by atoms with E-state index in [4.69, 9.17) is 4.74 Å². The zero-order valence-electron chi connectivity index (χ0n) is 24.5. The average molecular weight is 632 g/mol. The minimum atomic E-state index is -4.97. The maximum Gasteiger partial charge on any atom is 0.416 e. The van der Waals surface area contributed by atoms with Gasteiger partial charge in [-0.15, -0.1) is 0 Å². The number of methoxy groups -OCH3 is 1. The molecule has 0 bridgehead atoms. The van der Waals surface area contributed by atoms with Gasteiger partial charge in [-0.2, -0.15) is 13.2 Å². The molecule has 0 saturated heterocycles. The highest BCUT2D eigenvalue weighted by Crippen LogP contribution is 2.34. The van der Waals surface area contributed by atoms with Crippen LogP contribution in [0.1, 0.15) is 41.8 Å². The Morgan fingerprint density at radius 2 is 1.64 bits per heavy atom. The van der Waals surface area contributed by atoms with Crippen molar-refractivity contribution in [1.29, 1.82) is 0 Å². The fraction of sp³-hybridized carbons (Fsp3) is 0.281. The molecule has 45 heavy (non-hydrogen) atoms. The predicted octanol–water partition coefficient (Wildman–Crippen LogP) is 5.53. The lowest BCUT2D eigenvalue weighted by molar-refractivity contribution is -0.140. The predicted molar refractivity (Wildman–Crippen MR) is 156 cm³/mol. The van der Waals surface area contributed by atoms with E-state index in [1.54, 1.807) is 37.3 Å². The minimum Gasteiger partial charge on any atom is -0.494 e. The van der Waals surface area contributed by atoms with Crippen LogP contribution in [0.5, 0.6) is 5.75 Å². The number of rotatable bonds is 11. The number of aliphatic carboxylic acids is 1. The molecule has 8 nitrogen and oxygen atoms in total. The Kier molecular flexibility index (Phi) is 9.91. The second-order valence-corrected chi connectivity index (χ2v) is 10.3. The fourth-order valence-corrected chi connectivity index (χ4v) is 5.19. The number of ether oxygens (including phenoxy) is 1. The number of alkyl halides is 3. The van der Waals surface area contributed by atoms with Gasteiger partial charge in [-0.25, -0.2) is 13.6 Å². The van der Waals surface area contributed by atoms with Gasteiger partial charge in [0.15, 0.2) is 11.6 Å². The third-order valence-electron chi connectivity index (χ3n) is 7.56. The highest BCUT2D eigenvalue weighted by atomic mass is 19.4. The third kappa shape index (κ3) is 6.83. The van der Waals surface area contributed by atoms with Gasteiger partial charge in [-0.1, -0.05) is 55.5 Å². The lowest BCUT2D eigenvalue weighted by atomic mass is 10.0. The molecular formula is C32H30F5N3O5. The monoisotopic (exact) mass is 631 g/mol. The summed E-state index contributed by atoms with van der Waals surface area (Å²) in [7, 11) is 1.20. The number of benzene rings is 3. The first-order valence-electron chi connectivity index (χ1n) is 13.9. The Labute approximate surface area is 254 Å². The van der Waals surface area contributed by atoms with Gasteiger partial charge in [-0.05, 0) is 37.1 Å². The van der Waals surface area contributed by atoms with E-state index in [9.17, 15) is 37.1 Å². The van der Waals surface area contributed by atoms with E-state index in [0.29, 0.717) is 16.2 Å². The zero-order chi connectivity index (χ0) is 33.1. The van der Waals surface area contributed by atoms with Crippen LogP contribution in [0.3, 0.4) is 0 Å². The standard InChI is InChI=1S/C32H30F5N3O5/c1-4-24(30(42)43)38-25(19-10-6-5-7-11-19)17-40-29(41)27(20-12-8-15-26(45-3)28(20)34)18(2)39(31(40)44)16-21-22(32(35,36)37)13-9-14-23(21)33/h5-15,24-25,38H,4,16-17H2,1-3H3,(H,42,43)/t24?,25-/m0/s1.